The topological polar surface area (TPSA) is 50.8 Å². The van der Waals surface area contributed by atoms with Gasteiger partial charge in [0.25, 0.3) is 6.01 Å². The Balaban J connectivity index is 2.47. The quantitative estimate of drug-likeness (QED) is 0.727. The molecule has 1 N–H and O–H groups in total. The lowest BCUT2D eigenvalue weighted by molar-refractivity contribution is 0.317. The van der Waals surface area contributed by atoms with E-state index in [1.54, 1.807) is 6.20 Å². The number of pyridine rings is 1. The molecule has 2 heterocycles. The Morgan fingerprint density at radius 3 is 3.25 bits per heavy atom. The summed E-state index contributed by atoms with van der Waals surface area (Å²) >= 11 is 0. The van der Waals surface area contributed by atoms with Crippen molar-refractivity contribution in [2.45, 2.75) is 6.92 Å². The molecular weight excluding hydrogens is 154 g/mol. The highest BCUT2D eigenvalue weighted by molar-refractivity contribution is 5.70. The van der Waals surface area contributed by atoms with Crippen LogP contribution >= 0.6 is 0 Å². The van der Waals surface area contributed by atoms with E-state index < -0.39 is 0 Å². The van der Waals surface area contributed by atoms with Crippen molar-refractivity contribution in [3.05, 3.63) is 18.3 Å². The predicted octanol–water partition coefficient (Wildman–Crippen LogP) is 1.36. The average Bonchev–Trinajstić information content (AvgIpc) is 2.47. The molecule has 2 aromatic rings. The number of hydrogen-bond donors (Lipinski definition) is 1. The molecule has 12 heavy (non-hydrogen) atoms. The largest absolute Gasteiger partial charge is 0.465 e. The van der Waals surface area contributed by atoms with E-state index in [9.17, 15) is 0 Å². The van der Waals surface area contributed by atoms with Crippen LogP contribution in [0.15, 0.2) is 18.3 Å². The number of rotatable bonds is 2. The predicted molar refractivity (Wildman–Crippen MR) is 45.1 cm³/mol. The van der Waals surface area contributed by atoms with E-state index >= 15 is 0 Å². The lowest BCUT2D eigenvalue weighted by Gasteiger charge is -1.92. The third-order valence-corrected chi connectivity index (χ3v) is 1.52. The first-order valence-corrected chi connectivity index (χ1v) is 3.83. The summed E-state index contributed by atoms with van der Waals surface area (Å²) in [4.78, 5) is 11.2. The summed E-state index contributed by atoms with van der Waals surface area (Å²) in [6, 6.07) is 4.31. The highest BCUT2D eigenvalue weighted by atomic mass is 16.5. The molecule has 0 amide bonds. The third kappa shape index (κ3) is 1.11. The summed E-state index contributed by atoms with van der Waals surface area (Å²) in [5, 5.41) is 0. The maximum Gasteiger partial charge on any atom is 0.296 e. The summed E-state index contributed by atoms with van der Waals surface area (Å²) in [5.74, 6) is 0. The van der Waals surface area contributed by atoms with E-state index in [2.05, 4.69) is 15.0 Å². The molecule has 0 unspecified atom stereocenters. The van der Waals surface area contributed by atoms with Crippen LogP contribution in [0.25, 0.3) is 11.2 Å². The zero-order valence-electron chi connectivity index (χ0n) is 6.74. The number of aromatic nitrogens is 3. The van der Waals surface area contributed by atoms with Crippen molar-refractivity contribution in [3.63, 3.8) is 0 Å². The summed E-state index contributed by atoms with van der Waals surface area (Å²) < 4.78 is 5.18. The summed E-state index contributed by atoms with van der Waals surface area (Å²) in [5.41, 5.74) is 1.60. The molecule has 4 nitrogen and oxygen atoms in total. The van der Waals surface area contributed by atoms with E-state index in [-0.39, 0.29) is 0 Å². The molecule has 0 aliphatic rings. The minimum Gasteiger partial charge on any atom is -0.465 e. The van der Waals surface area contributed by atoms with Gasteiger partial charge in [0.1, 0.15) is 0 Å². The number of hydrogen-bond acceptors (Lipinski definition) is 3. The minimum absolute atomic E-state index is 0.534. The van der Waals surface area contributed by atoms with Gasteiger partial charge in [-0.2, -0.15) is 4.98 Å². The van der Waals surface area contributed by atoms with Crippen molar-refractivity contribution in [1.29, 1.82) is 0 Å². The van der Waals surface area contributed by atoms with Crippen LogP contribution in [0.2, 0.25) is 0 Å². The number of H-pyrrole nitrogens is 1. The van der Waals surface area contributed by atoms with Crippen LogP contribution in [0.5, 0.6) is 6.01 Å². The standard InChI is InChI=1S/C8H9N3O/c1-2-12-8-10-6-4-3-5-9-7(6)11-8/h3-5H,2H2,1H3,(H,9,10,11). The molecule has 0 aliphatic carbocycles. The second-order valence-corrected chi connectivity index (χ2v) is 2.35. The van der Waals surface area contributed by atoms with Gasteiger partial charge in [0, 0.05) is 6.20 Å². The Hall–Kier alpha value is -1.58. The van der Waals surface area contributed by atoms with E-state index in [0.29, 0.717) is 18.3 Å². The second kappa shape index (κ2) is 2.81. The lowest BCUT2D eigenvalue weighted by atomic mass is 10.4. The molecule has 0 fully saturated rings. The molecule has 0 saturated heterocycles. The smallest absolute Gasteiger partial charge is 0.296 e. The second-order valence-electron chi connectivity index (χ2n) is 2.35. The van der Waals surface area contributed by atoms with Crippen molar-refractivity contribution in [3.8, 4) is 6.01 Å². The maximum absolute atomic E-state index is 5.18. The fourth-order valence-corrected chi connectivity index (χ4v) is 1.03. The van der Waals surface area contributed by atoms with Crippen LogP contribution in [-0.4, -0.2) is 21.6 Å². The van der Waals surface area contributed by atoms with Crippen molar-refractivity contribution < 1.29 is 4.74 Å². The molecule has 2 rings (SSSR count). The number of ether oxygens (including phenoxy) is 1. The van der Waals surface area contributed by atoms with Gasteiger partial charge in [0.2, 0.25) is 0 Å². The molecule has 0 bridgehead atoms. The number of aromatic amines is 1. The molecule has 0 aliphatic heterocycles. The summed E-state index contributed by atoms with van der Waals surface area (Å²) in [6.45, 7) is 2.53. The molecule has 0 radical (unpaired) electrons. The fraction of sp³-hybridized carbons (Fsp3) is 0.250. The lowest BCUT2D eigenvalue weighted by Crippen LogP contribution is -1.92. The highest BCUT2D eigenvalue weighted by Crippen LogP contribution is 2.11. The SMILES string of the molecule is CCOc1nc2ncccc2[nH]1. The number of nitrogens with zero attached hydrogens (tertiary/aromatic N) is 2. The van der Waals surface area contributed by atoms with Gasteiger partial charge in [-0.25, -0.2) is 4.98 Å². The zero-order valence-corrected chi connectivity index (χ0v) is 6.74. The molecule has 2 aromatic heterocycles. The molecule has 0 spiro atoms. The number of imidazole rings is 1. The van der Waals surface area contributed by atoms with Crippen molar-refractivity contribution in [2.75, 3.05) is 6.61 Å². The molecule has 0 saturated carbocycles. The summed E-state index contributed by atoms with van der Waals surface area (Å²) in [7, 11) is 0. The van der Waals surface area contributed by atoms with Gasteiger partial charge >= 0.3 is 0 Å². The van der Waals surface area contributed by atoms with Gasteiger partial charge in [0.15, 0.2) is 5.65 Å². The van der Waals surface area contributed by atoms with Crippen molar-refractivity contribution in [1.82, 2.24) is 15.0 Å². The van der Waals surface area contributed by atoms with Crippen molar-refractivity contribution >= 4 is 11.2 Å². The van der Waals surface area contributed by atoms with Gasteiger partial charge in [-0.1, -0.05) is 0 Å². The monoisotopic (exact) mass is 163 g/mol. The van der Waals surface area contributed by atoms with Crippen molar-refractivity contribution in [2.24, 2.45) is 0 Å². The number of fused-ring (bicyclic) bond motifs is 1. The average molecular weight is 163 g/mol. The minimum atomic E-state index is 0.534. The first-order chi connectivity index (χ1) is 5.90. The van der Waals surface area contributed by atoms with E-state index in [0.717, 1.165) is 5.52 Å². The van der Waals surface area contributed by atoms with E-state index in [4.69, 9.17) is 4.74 Å². The highest BCUT2D eigenvalue weighted by Gasteiger charge is 2.01. The fourth-order valence-electron chi connectivity index (χ4n) is 1.03. The Labute approximate surface area is 69.6 Å². The Bertz CT molecular complexity index is 349. The Kier molecular flexibility index (Phi) is 1.66. The number of nitrogens with one attached hydrogen (secondary N) is 1. The van der Waals surface area contributed by atoms with Gasteiger partial charge in [-0.3, -0.25) is 0 Å². The first kappa shape index (κ1) is 7.09. The van der Waals surface area contributed by atoms with Gasteiger partial charge < -0.3 is 9.72 Å². The molecule has 62 valence electrons. The maximum atomic E-state index is 5.18. The summed E-state index contributed by atoms with van der Waals surface area (Å²) in [6.07, 6.45) is 1.71. The molecular formula is C8H9N3O. The van der Waals surface area contributed by atoms with E-state index in [1.807, 2.05) is 19.1 Å². The van der Waals surface area contributed by atoms with Gasteiger partial charge in [-0.15, -0.1) is 0 Å². The van der Waals surface area contributed by atoms with E-state index in [1.165, 1.54) is 0 Å². The first-order valence-electron chi connectivity index (χ1n) is 3.83. The Morgan fingerprint density at radius 2 is 2.50 bits per heavy atom. The van der Waals surface area contributed by atoms with Crippen LogP contribution in [0.4, 0.5) is 0 Å². The Morgan fingerprint density at radius 1 is 1.58 bits per heavy atom. The van der Waals surface area contributed by atoms with Crippen LogP contribution < -0.4 is 4.74 Å². The molecule has 0 atom stereocenters. The zero-order chi connectivity index (χ0) is 8.39. The van der Waals surface area contributed by atoms with Crippen LogP contribution in [0.1, 0.15) is 6.92 Å². The van der Waals surface area contributed by atoms with Crippen LogP contribution in [0.3, 0.4) is 0 Å². The van der Waals surface area contributed by atoms with Crippen LogP contribution in [-0.2, 0) is 0 Å². The molecule has 4 heteroatoms. The van der Waals surface area contributed by atoms with Gasteiger partial charge in [-0.05, 0) is 19.1 Å². The normalized spacial score (nSPS) is 10.4. The van der Waals surface area contributed by atoms with Gasteiger partial charge in [0.05, 0.1) is 12.1 Å². The molecule has 0 aromatic carbocycles. The third-order valence-electron chi connectivity index (χ3n) is 1.52. The van der Waals surface area contributed by atoms with Crippen LogP contribution in [0, 0.1) is 0 Å².